The molecule has 0 aliphatic heterocycles. The molecule has 0 unspecified atom stereocenters. The Morgan fingerprint density at radius 3 is 1.73 bits per heavy atom. The van der Waals surface area contributed by atoms with Gasteiger partial charge in [0.05, 0.1) is 26.4 Å². The summed E-state index contributed by atoms with van der Waals surface area (Å²) in [6.45, 7) is -1.52. The van der Waals surface area contributed by atoms with E-state index in [2.05, 4.69) is 4.74 Å². The van der Waals surface area contributed by atoms with Crippen LogP contribution in [0.5, 0.6) is 0 Å². The van der Waals surface area contributed by atoms with E-state index in [1.807, 2.05) is 0 Å². The minimum absolute atomic E-state index is 0.0494. The van der Waals surface area contributed by atoms with Crippen LogP contribution >= 0.6 is 0 Å². The van der Waals surface area contributed by atoms with Crippen LogP contribution in [0.3, 0.4) is 0 Å². The van der Waals surface area contributed by atoms with Crippen molar-refractivity contribution in [2.75, 3.05) is 26.4 Å². The Labute approximate surface area is 86.5 Å². The van der Waals surface area contributed by atoms with Crippen molar-refractivity contribution in [2.45, 2.75) is 6.42 Å². The van der Waals surface area contributed by atoms with Crippen LogP contribution in [0.25, 0.3) is 0 Å². The fraction of sp³-hybridized carbons (Fsp3) is 0.750. The van der Waals surface area contributed by atoms with Crippen LogP contribution in [0.1, 0.15) is 6.42 Å². The zero-order chi connectivity index (χ0) is 11.9. The summed E-state index contributed by atoms with van der Waals surface area (Å²) >= 11 is 0. The fourth-order valence-corrected chi connectivity index (χ4v) is 0.816. The number of aliphatic hydroxyl groups is 6. The summed E-state index contributed by atoms with van der Waals surface area (Å²) < 4.78 is 4.47. The molecule has 0 heterocycles. The van der Waals surface area contributed by atoms with Crippen molar-refractivity contribution in [3.63, 3.8) is 0 Å². The third-order valence-electron chi connectivity index (χ3n) is 2.07. The van der Waals surface area contributed by atoms with Crippen molar-refractivity contribution in [3.05, 3.63) is 11.9 Å². The molecule has 0 bridgehead atoms. The predicted molar refractivity (Wildman–Crippen MR) is 49.2 cm³/mol. The lowest BCUT2D eigenvalue weighted by molar-refractivity contribution is -0.0301. The largest absolute Gasteiger partial charge is 0.476 e. The lowest BCUT2D eigenvalue weighted by Crippen LogP contribution is -2.35. The molecule has 0 spiro atoms. The summed E-state index contributed by atoms with van der Waals surface area (Å²) in [6, 6.07) is 0. The highest BCUT2D eigenvalue weighted by Gasteiger charge is 2.28. The van der Waals surface area contributed by atoms with E-state index in [9.17, 15) is 0 Å². The third-order valence-corrected chi connectivity index (χ3v) is 2.07. The molecule has 0 aromatic heterocycles. The molecule has 7 heteroatoms. The van der Waals surface area contributed by atoms with E-state index in [1.165, 1.54) is 0 Å². The van der Waals surface area contributed by atoms with E-state index >= 15 is 0 Å². The molecule has 0 fully saturated rings. The smallest absolute Gasteiger partial charge is 0.361 e. The van der Waals surface area contributed by atoms with Gasteiger partial charge in [-0.25, -0.2) is 0 Å². The molecule has 15 heavy (non-hydrogen) atoms. The molecule has 6 N–H and O–H groups in total. The number of rotatable bonds is 7. The van der Waals surface area contributed by atoms with E-state index in [1.54, 1.807) is 0 Å². The Balaban J connectivity index is 4.08. The first-order valence-corrected chi connectivity index (χ1v) is 4.28. The van der Waals surface area contributed by atoms with Gasteiger partial charge in [0.15, 0.2) is 0 Å². The molecule has 0 rings (SSSR count). The molecule has 0 aromatic carbocycles. The Bertz CT molecular complexity index is 197. The molecular weight excluding hydrogens is 208 g/mol. The molecule has 0 radical (unpaired) electrons. The summed E-state index contributed by atoms with van der Waals surface area (Å²) in [4.78, 5) is 0. The van der Waals surface area contributed by atoms with Gasteiger partial charge in [-0.05, 0) is 6.42 Å². The van der Waals surface area contributed by atoms with Gasteiger partial charge < -0.3 is 35.4 Å². The number of aliphatic hydroxyl groups excluding tert-OH is 5. The maximum absolute atomic E-state index is 8.90. The minimum Gasteiger partial charge on any atom is -0.476 e. The Morgan fingerprint density at radius 2 is 1.40 bits per heavy atom. The fourth-order valence-electron chi connectivity index (χ4n) is 0.816. The van der Waals surface area contributed by atoms with E-state index in [4.69, 9.17) is 30.6 Å². The van der Waals surface area contributed by atoms with Gasteiger partial charge in [-0.3, -0.25) is 0 Å². The predicted octanol–water partition coefficient (Wildman–Crippen LogP) is -0.843. The van der Waals surface area contributed by atoms with Crippen LogP contribution in [-0.4, -0.2) is 57.1 Å². The van der Waals surface area contributed by atoms with Gasteiger partial charge in [0.25, 0.3) is 0 Å². The molecular formula is C8H16O7. The quantitative estimate of drug-likeness (QED) is 0.311. The van der Waals surface area contributed by atoms with Gasteiger partial charge in [0.2, 0.25) is 0 Å². The topological polar surface area (TPSA) is 131 Å². The van der Waals surface area contributed by atoms with Gasteiger partial charge in [-0.2, -0.15) is 0 Å². The molecule has 0 aliphatic rings. The molecule has 90 valence electrons. The Morgan fingerprint density at radius 1 is 0.933 bits per heavy atom. The Hall–Kier alpha value is -1.18. The molecule has 0 saturated carbocycles. The summed E-state index contributed by atoms with van der Waals surface area (Å²) in [5.41, 5.74) is -1.11. The monoisotopic (exact) mass is 224 g/mol. The minimum atomic E-state index is -1.35. The first-order chi connectivity index (χ1) is 7.01. The number of hydrogen-bond acceptors (Lipinski definition) is 7. The van der Waals surface area contributed by atoms with Crippen LogP contribution in [0, 0.1) is 5.41 Å². The lowest BCUT2D eigenvalue weighted by Gasteiger charge is -2.26. The number of hydrogen-bond donors (Lipinski definition) is 6. The van der Waals surface area contributed by atoms with E-state index < -0.39 is 37.1 Å². The van der Waals surface area contributed by atoms with E-state index in [0.29, 0.717) is 0 Å². The summed E-state index contributed by atoms with van der Waals surface area (Å²) in [5, 5.41) is 52.1. The maximum atomic E-state index is 8.90. The van der Waals surface area contributed by atoms with Crippen LogP contribution in [-0.2, 0) is 4.74 Å². The number of ether oxygens (including phenoxy) is 1. The van der Waals surface area contributed by atoms with E-state index in [0.717, 1.165) is 0 Å². The van der Waals surface area contributed by atoms with Gasteiger partial charge in [-0.15, -0.1) is 0 Å². The van der Waals surface area contributed by atoms with Crippen molar-refractivity contribution in [1.82, 2.24) is 0 Å². The van der Waals surface area contributed by atoms with E-state index in [-0.39, 0.29) is 13.0 Å². The summed E-state index contributed by atoms with van der Waals surface area (Å²) in [6.07, 6.45) is 0.0494. The average Bonchev–Trinajstić information content (AvgIpc) is 2.24. The highest BCUT2D eigenvalue weighted by atomic mass is 16.6. The molecule has 0 saturated heterocycles. The SMILES string of the molecule is OCC(CO)(CO)CCOC(O)=C(O)O. The van der Waals surface area contributed by atoms with Crippen molar-refractivity contribution < 1.29 is 35.4 Å². The molecule has 0 aliphatic carbocycles. The second kappa shape index (κ2) is 6.33. The highest BCUT2D eigenvalue weighted by Crippen LogP contribution is 2.20. The van der Waals surface area contributed by atoms with Gasteiger partial charge >= 0.3 is 11.9 Å². The molecule has 0 amide bonds. The zero-order valence-corrected chi connectivity index (χ0v) is 8.13. The summed E-state index contributed by atoms with van der Waals surface area (Å²) in [7, 11) is 0. The zero-order valence-electron chi connectivity index (χ0n) is 8.13. The second-order valence-electron chi connectivity index (χ2n) is 3.20. The Kier molecular flexibility index (Phi) is 5.83. The first kappa shape index (κ1) is 13.8. The van der Waals surface area contributed by atoms with Crippen molar-refractivity contribution in [3.8, 4) is 0 Å². The highest BCUT2D eigenvalue weighted by molar-refractivity contribution is 4.80. The van der Waals surface area contributed by atoms with Crippen molar-refractivity contribution in [1.29, 1.82) is 0 Å². The van der Waals surface area contributed by atoms with Gasteiger partial charge in [0, 0.05) is 5.41 Å². The van der Waals surface area contributed by atoms with Crippen molar-refractivity contribution in [2.24, 2.45) is 5.41 Å². The van der Waals surface area contributed by atoms with Crippen LogP contribution in [0.15, 0.2) is 11.9 Å². The first-order valence-electron chi connectivity index (χ1n) is 4.28. The average molecular weight is 224 g/mol. The van der Waals surface area contributed by atoms with Crippen molar-refractivity contribution >= 4 is 0 Å². The van der Waals surface area contributed by atoms with Crippen LogP contribution < -0.4 is 0 Å². The molecule has 7 nitrogen and oxygen atoms in total. The van der Waals surface area contributed by atoms with Crippen LogP contribution in [0.2, 0.25) is 0 Å². The summed E-state index contributed by atoms with van der Waals surface area (Å²) in [5.74, 6) is -2.39. The lowest BCUT2D eigenvalue weighted by atomic mass is 9.88. The molecule has 0 aromatic rings. The molecule has 0 atom stereocenters. The van der Waals surface area contributed by atoms with Gasteiger partial charge in [-0.1, -0.05) is 0 Å². The second-order valence-corrected chi connectivity index (χ2v) is 3.20. The third kappa shape index (κ3) is 4.24. The standard InChI is InChI=1S/C8H16O7/c9-3-8(4-10,5-11)1-2-15-7(14)6(12)13/h9-14H,1-5H2. The maximum Gasteiger partial charge on any atom is 0.361 e. The normalized spacial score (nSPS) is 11.1. The van der Waals surface area contributed by atoms with Crippen LogP contribution in [0.4, 0.5) is 0 Å². The van der Waals surface area contributed by atoms with Gasteiger partial charge in [0.1, 0.15) is 0 Å².